The van der Waals surface area contributed by atoms with E-state index in [0.717, 1.165) is 25.7 Å². The van der Waals surface area contributed by atoms with Crippen molar-refractivity contribution in [2.45, 2.75) is 44.7 Å². The molecular weight excluding hydrogens is 335 g/mol. The molecule has 1 fully saturated rings. The predicted octanol–water partition coefficient (Wildman–Crippen LogP) is 3.14. The van der Waals surface area contributed by atoms with Crippen LogP contribution in [0.5, 0.6) is 0 Å². The average molecular weight is 355 g/mol. The maximum atomic E-state index is 14.1. The summed E-state index contributed by atoms with van der Waals surface area (Å²) >= 11 is 6.09. The van der Waals surface area contributed by atoms with Crippen molar-refractivity contribution in [3.8, 4) is 11.5 Å². The van der Waals surface area contributed by atoms with Gasteiger partial charge in [0.15, 0.2) is 0 Å². The summed E-state index contributed by atoms with van der Waals surface area (Å²) in [5.41, 5.74) is 6.74. The lowest BCUT2D eigenvalue weighted by molar-refractivity contribution is 0.302. The molecule has 1 aliphatic carbocycles. The highest BCUT2D eigenvalue weighted by atomic mass is 35.5. The minimum absolute atomic E-state index is 0.0102. The number of aromatic amines is 1. The second kappa shape index (κ2) is 6.94. The molecule has 1 atom stereocenters. The van der Waals surface area contributed by atoms with E-state index in [2.05, 4.69) is 22.4 Å². The second-order valence-electron chi connectivity index (χ2n) is 6.35. The Morgan fingerprint density at radius 1 is 1.42 bits per heavy atom. The molecule has 3 rings (SSSR count). The molecule has 24 heavy (non-hydrogen) atoms. The van der Waals surface area contributed by atoms with E-state index in [9.17, 15) is 9.18 Å². The fourth-order valence-corrected chi connectivity index (χ4v) is 3.34. The molecule has 130 valence electrons. The Morgan fingerprint density at radius 2 is 2.12 bits per heavy atom. The van der Waals surface area contributed by atoms with Gasteiger partial charge in [-0.2, -0.15) is 0 Å². The minimum Gasteiger partial charge on any atom is -0.388 e. The number of aromatic nitrogens is 2. The standard InChI is InChI=1S/C16H20ClFN4O2/c1-8(9-2-4-11(19)5-3-9)20-13-7-10(6-12(18)14(13)17)15-21-22-16(23)24-15/h6-9,11,20H,2-5,19H2,1H3,(H,22,23)/t8-,9?,11?/m0/s1. The molecule has 1 aromatic carbocycles. The number of H-pyrrole nitrogens is 1. The number of nitrogens with two attached hydrogens (primary N) is 1. The van der Waals surface area contributed by atoms with Gasteiger partial charge in [-0.25, -0.2) is 14.3 Å². The van der Waals surface area contributed by atoms with Gasteiger partial charge in [0.25, 0.3) is 0 Å². The van der Waals surface area contributed by atoms with Gasteiger partial charge in [0.05, 0.1) is 10.7 Å². The summed E-state index contributed by atoms with van der Waals surface area (Å²) in [7, 11) is 0. The van der Waals surface area contributed by atoms with Gasteiger partial charge in [-0.15, -0.1) is 5.10 Å². The van der Waals surface area contributed by atoms with E-state index in [1.54, 1.807) is 6.07 Å². The van der Waals surface area contributed by atoms with Crippen LogP contribution in [0.25, 0.3) is 11.5 Å². The van der Waals surface area contributed by atoms with Crippen LogP contribution in [0.1, 0.15) is 32.6 Å². The SMILES string of the molecule is C[C@H](Nc1cc(-c2n[nH]c(=O)o2)cc(F)c1Cl)C1CCC(N)CC1. The summed E-state index contributed by atoms with van der Waals surface area (Å²) in [5, 5.41) is 9.17. The Balaban J connectivity index is 1.82. The molecular formula is C16H20ClFN4O2. The zero-order valence-electron chi connectivity index (χ0n) is 13.3. The second-order valence-corrected chi connectivity index (χ2v) is 6.72. The zero-order valence-corrected chi connectivity index (χ0v) is 14.1. The van der Waals surface area contributed by atoms with E-state index < -0.39 is 11.6 Å². The molecule has 1 aromatic heterocycles. The Labute approximate surface area is 143 Å². The van der Waals surface area contributed by atoms with E-state index in [1.165, 1.54) is 6.07 Å². The Bertz CT molecular complexity index is 768. The zero-order chi connectivity index (χ0) is 17.3. The van der Waals surface area contributed by atoms with Gasteiger partial charge in [-0.3, -0.25) is 0 Å². The number of rotatable bonds is 4. The lowest BCUT2D eigenvalue weighted by Crippen LogP contribution is -2.34. The van der Waals surface area contributed by atoms with E-state index in [4.69, 9.17) is 21.8 Å². The van der Waals surface area contributed by atoms with Crippen molar-refractivity contribution >= 4 is 17.3 Å². The van der Waals surface area contributed by atoms with Crippen LogP contribution >= 0.6 is 11.6 Å². The third-order valence-corrected chi connectivity index (χ3v) is 5.00. The lowest BCUT2D eigenvalue weighted by Gasteiger charge is -2.32. The van der Waals surface area contributed by atoms with Gasteiger partial charge in [0, 0.05) is 17.6 Å². The van der Waals surface area contributed by atoms with Crippen LogP contribution in [-0.4, -0.2) is 22.3 Å². The maximum Gasteiger partial charge on any atom is 0.434 e. The quantitative estimate of drug-likeness (QED) is 0.783. The Kier molecular flexibility index (Phi) is 4.91. The molecule has 0 saturated heterocycles. The first-order valence-corrected chi connectivity index (χ1v) is 8.39. The normalized spacial score (nSPS) is 22.3. The number of nitrogens with zero attached hydrogens (tertiary/aromatic N) is 1. The molecule has 0 unspecified atom stereocenters. The van der Waals surface area contributed by atoms with Crippen molar-refractivity contribution in [1.29, 1.82) is 0 Å². The topological polar surface area (TPSA) is 96.9 Å². The number of hydrogen-bond donors (Lipinski definition) is 3. The van der Waals surface area contributed by atoms with Crippen LogP contribution in [0.2, 0.25) is 5.02 Å². The van der Waals surface area contributed by atoms with Crippen molar-refractivity contribution in [1.82, 2.24) is 10.2 Å². The molecule has 1 saturated carbocycles. The van der Waals surface area contributed by atoms with Crippen LogP contribution in [0.4, 0.5) is 10.1 Å². The monoisotopic (exact) mass is 354 g/mol. The molecule has 0 spiro atoms. The van der Waals surface area contributed by atoms with Crippen molar-refractivity contribution in [2.24, 2.45) is 11.7 Å². The van der Waals surface area contributed by atoms with Crippen molar-refractivity contribution in [3.05, 3.63) is 33.5 Å². The van der Waals surface area contributed by atoms with Crippen LogP contribution in [-0.2, 0) is 0 Å². The molecule has 0 aliphatic heterocycles. The number of anilines is 1. The summed E-state index contributed by atoms with van der Waals surface area (Å²) in [6.07, 6.45) is 4.06. The third-order valence-electron chi connectivity index (χ3n) is 4.62. The average Bonchev–Trinajstić information content (AvgIpc) is 2.98. The third kappa shape index (κ3) is 3.62. The maximum absolute atomic E-state index is 14.1. The van der Waals surface area contributed by atoms with E-state index in [0.29, 0.717) is 17.2 Å². The van der Waals surface area contributed by atoms with Gasteiger partial charge in [-0.1, -0.05) is 11.6 Å². The summed E-state index contributed by atoms with van der Waals surface area (Å²) in [4.78, 5) is 11.1. The molecule has 4 N–H and O–H groups in total. The van der Waals surface area contributed by atoms with Crippen molar-refractivity contribution < 1.29 is 8.81 Å². The first-order chi connectivity index (χ1) is 11.4. The van der Waals surface area contributed by atoms with Crippen LogP contribution < -0.4 is 16.8 Å². The minimum atomic E-state index is -0.693. The molecule has 1 aliphatic rings. The van der Waals surface area contributed by atoms with E-state index in [-0.39, 0.29) is 23.0 Å². The molecule has 0 amide bonds. The highest BCUT2D eigenvalue weighted by molar-refractivity contribution is 6.33. The highest BCUT2D eigenvalue weighted by Crippen LogP contribution is 2.33. The molecule has 0 radical (unpaired) electrons. The molecule has 6 nitrogen and oxygen atoms in total. The van der Waals surface area contributed by atoms with E-state index in [1.807, 2.05) is 0 Å². The van der Waals surface area contributed by atoms with Crippen molar-refractivity contribution in [2.75, 3.05) is 5.32 Å². The Morgan fingerprint density at radius 3 is 2.75 bits per heavy atom. The van der Waals surface area contributed by atoms with Crippen LogP contribution in [0.15, 0.2) is 21.3 Å². The van der Waals surface area contributed by atoms with Gasteiger partial charge < -0.3 is 15.5 Å². The van der Waals surface area contributed by atoms with Gasteiger partial charge in [-0.05, 0) is 50.7 Å². The number of halogens is 2. The Hall–Kier alpha value is -1.86. The summed E-state index contributed by atoms with van der Waals surface area (Å²) in [5.74, 6) is -0.812. The fraction of sp³-hybridized carbons (Fsp3) is 0.500. The number of hydrogen-bond acceptors (Lipinski definition) is 5. The summed E-state index contributed by atoms with van der Waals surface area (Å²) in [6, 6.07) is 3.23. The summed E-state index contributed by atoms with van der Waals surface area (Å²) < 4.78 is 19.0. The molecule has 2 aromatic rings. The highest BCUT2D eigenvalue weighted by Gasteiger charge is 2.24. The molecule has 8 heteroatoms. The fourth-order valence-electron chi connectivity index (χ4n) is 3.18. The van der Waals surface area contributed by atoms with E-state index >= 15 is 0 Å². The first-order valence-electron chi connectivity index (χ1n) is 8.01. The lowest BCUT2D eigenvalue weighted by atomic mass is 9.82. The molecule has 1 heterocycles. The van der Waals surface area contributed by atoms with Gasteiger partial charge >= 0.3 is 5.76 Å². The first kappa shape index (κ1) is 17.0. The smallest absolute Gasteiger partial charge is 0.388 e. The van der Waals surface area contributed by atoms with Gasteiger partial charge in [0.2, 0.25) is 5.89 Å². The van der Waals surface area contributed by atoms with Gasteiger partial charge in [0.1, 0.15) is 5.82 Å². The van der Waals surface area contributed by atoms with Crippen molar-refractivity contribution in [3.63, 3.8) is 0 Å². The number of nitrogens with one attached hydrogen (secondary N) is 2. The largest absolute Gasteiger partial charge is 0.434 e. The van der Waals surface area contributed by atoms with Crippen LogP contribution in [0, 0.1) is 11.7 Å². The molecule has 0 bridgehead atoms. The number of benzene rings is 1. The van der Waals surface area contributed by atoms with Crippen LogP contribution in [0.3, 0.4) is 0 Å². The predicted molar refractivity (Wildman–Crippen MR) is 90.5 cm³/mol. The summed E-state index contributed by atoms with van der Waals surface area (Å²) in [6.45, 7) is 2.05.